The van der Waals surface area contributed by atoms with Crippen LogP contribution < -0.4 is 0 Å². The van der Waals surface area contributed by atoms with E-state index >= 15 is 0 Å². The van der Waals surface area contributed by atoms with Gasteiger partial charge >= 0.3 is 0 Å². The molecule has 1 saturated carbocycles. The van der Waals surface area contributed by atoms with E-state index in [2.05, 4.69) is 24.2 Å². The zero-order valence-corrected chi connectivity index (χ0v) is 10.9. The summed E-state index contributed by atoms with van der Waals surface area (Å²) >= 11 is 8.02. The highest BCUT2D eigenvalue weighted by atomic mass is 35.5. The Morgan fingerprint density at radius 2 is 2.33 bits per heavy atom. The Balaban J connectivity index is 1.98. The van der Waals surface area contributed by atoms with Crippen molar-refractivity contribution in [1.29, 1.82) is 0 Å². The molecule has 84 valence electrons. The van der Waals surface area contributed by atoms with Gasteiger partial charge in [-0.3, -0.25) is 0 Å². The number of aryl methyl sites for hydroxylation is 1. The molecule has 0 radical (unpaired) electrons. The molecule has 1 fully saturated rings. The molecule has 0 saturated heterocycles. The van der Waals surface area contributed by atoms with Gasteiger partial charge in [0.15, 0.2) is 0 Å². The summed E-state index contributed by atoms with van der Waals surface area (Å²) < 4.78 is 0. The van der Waals surface area contributed by atoms with Crippen LogP contribution in [0.3, 0.4) is 0 Å². The van der Waals surface area contributed by atoms with Crippen molar-refractivity contribution in [3.05, 3.63) is 16.1 Å². The Hall–Kier alpha value is -0.0800. The van der Waals surface area contributed by atoms with Crippen molar-refractivity contribution in [2.45, 2.75) is 44.9 Å². The molecule has 1 aliphatic rings. The van der Waals surface area contributed by atoms with Crippen LogP contribution >= 0.6 is 22.9 Å². The molecule has 0 aromatic carbocycles. The number of aromatic nitrogens is 1. The molecule has 0 aliphatic heterocycles. The van der Waals surface area contributed by atoms with Gasteiger partial charge in [0.05, 0.1) is 5.01 Å². The van der Waals surface area contributed by atoms with E-state index in [-0.39, 0.29) is 0 Å². The van der Waals surface area contributed by atoms with Gasteiger partial charge in [0.25, 0.3) is 0 Å². The maximum atomic E-state index is 6.23. The highest BCUT2D eigenvalue weighted by Crippen LogP contribution is 2.35. The highest BCUT2D eigenvalue weighted by molar-refractivity contribution is 7.09. The summed E-state index contributed by atoms with van der Waals surface area (Å²) in [5.74, 6) is 1.55. The molecule has 0 amide bonds. The van der Waals surface area contributed by atoms with Crippen molar-refractivity contribution in [3.8, 4) is 0 Å². The lowest BCUT2D eigenvalue weighted by molar-refractivity contribution is 0.258. The molecule has 0 spiro atoms. The van der Waals surface area contributed by atoms with E-state index < -0.39 is 0 Å². The predicted molar refractivity (Wildman–Crippen MR) is 66.7 cm³/mol. The summed E-state index contributed by atoms with van der Waals surface area (Å²) in [4.78, 5) is 4.54. The van der Waals surface area contributed by atoms with E-state index in [4.69, 9.17) is 11.6 Å². The summed E-state index contributed by atoms with van der Waals surface area (Å²) in [5.41, 5.74) is 1.15. The second-order valence-corrected chi connectivity index (χ2v) is 6.29. The van der Waals surface area contributed by atoms with E-state index in [0.29, 0.717) is 5.38 Å². The normalized spacial score (nSPS) is 31.8. The lowest BCUT2D eigenvalue weighted by Gasteiger charge is -2.31. The largest absolute Gasteiger partial charge is 0.247 e. The number of hydrogen-bond acceptors (Lipinski definition) is 2. The summed E-state index contributed by atoms with van der Waals surface area (Å²) in [5, 5.41) is 3.82. The molecule has 3 heteroatoms. The van der Waals surface area contributed by atoms with Crippen LogP contribution in [0.15, 0.2) is 5.38 Å². The molecule has 2 rings (SSSR count). The van der Waals surface area contributed by atoms with Gasteiger partial charge in [0.2, 0.25) is 0 Å². The summed E-state index contributed by atoms with van der Waals surface area (Å²) in [6, 6.07) is 0. The molecule has 1 nitrogen and oxygen atoms in total. The first-order valence-corrected chi connectivity index (χ1v) is 7.02. The SMILES string of the molecule is Cc1csc(CC2CC(Cl)CCC2C)n1. The monoisotopic (exact) mass is 243 g/mol. The second-order valence-electron chi connectivity index (χ2n) is 4.73. The van der Waals surface area contributed by atoms with Crippen LogP contribution in [0.1, 0.15) is 36.9 Å². The fourth-order valence-electron chi connectivity index (χ4n) is 2.36. The Labute approximate surface area is 101 Å². The number of rotatable bonds is 2. The Bertz CT molecular complexity index is 323. The van der Waals surface area contributed by atoms with Crippen LogP contribution in [0.25, 0.3) is 0 Å². The van der Waals surface area contributed by atoms with Crippen LogP contribution in [0.5, 0.6) is 0 Å². The summed E-state index contributed by atoms with van der Waals surface area (Å²) in [6.07, 6.45) is 4.77. The molecular formula is C12H18ClNS. The molecular weight excluding hydrogens is 226 g/mol. The quantitative estimate of drug-likeness (QED) is 0.715. The number of hydrogen-bond donors (Lipinski definition) is 0. The first-order chi connectivity index (χ1) is 7.15. The minimum Gasteiger partial charge on any atom is -0.247 e. The first-order valence-electron chi connectivity index (χ1n) is 5.70. The van der Waals surface area contributed by atoms with Gasteiger partial charge in [0.1, 0.15) is 0 Å². The fraction of sp³-hybridized carbons (Fsp3) is 0.750. The van der Waals surface area contributed by atoms with Crippen molar-refractivity contribution in [2.75, 3.05) is 0 Å². The number of alkyl halides is 1. The Kier molecular flexibility index (Phi) is 3.68. The smallest absolute Gasteiger partial charge is 0.0930 e. The van der Waals surface area contributed by atoms with E-state index in [1.807, 2.05) is 0 Å². The highest BCUT2D eigenvalue weighted by Gasteiger charge is 2.27. The minimum atomic E-state index is 0.396. The van der Waals surface area contributed by atoms with Crippen LogP contribution in [-0.2, 0) is 6.42 Å². The fourth-order valence-corrected chi connectivity index (χ4v) is 3.58. The first kappa shape index (κ1) is 11.4. The van der Waals surface area contributed by atoms with Gasteiger partial charge in [-0.15, -0.1) is 22.9 Å². The standard InChI is InChI=1S/C12H18ClNS/c1-8-3-4-11(13)5-10(8)6-12-14-9(2)7-15-12/h7-8,10-11H,3-6H2,1-2H3. The average Bonchev–Trinajstić information content (AvgIpc) is 2.58. The van der Waals surface area contributed by atoms with E-state index in [1.54, 1.807) is 11.3 Å². The van der Waals surface area contributed by atoms with Crippen molar-refractivity contribution in [1.82, 2.24) is 4.98 Å². The lowest BCUT2D eigenvalue weighted by atomic mass is 9.78. The molecule has 0 N–H and O–H groups in total. The molecule has 1 aromatic rings. The maximum absolute atomic E-state index is 6.23. The Morgan fingerprint density at radius 3 is 3.00 bits per heavy atom. The van der Waals surface area contributed by atoms with Crippen molar-refractivity contribution < 1.29 is 0 Å². The second kappa shape index (κ2) is 4.84. The van der Waals surface area contributed by atoms with Gasteiger partial charge in [-0.25, -0.2) is 4.98 Å². The van der Waals surface area contributed by atoms with E-state index in [9.17, 15) is 0 Å². The van der Waals surface area contributed by atoms with Crippen molar-refractivity contribution in [2.24, 2.45) is 11.8 Å². The van der Waals surface area contributed by atoms with Crippen molar-refractivity contribution in [3.63, 3.8) is 0 Å². The zero-order valence-electron chi connectivity index (χ0n) is 9.37. The third-order valence-electron chi connectivity index (χ3n) is 3.40. The minimum absolute atomic E-state index is 0.396. The molecule has 0 bridgehead atoms. The predicted octanol–water partition coefficient (Wildman–Crippen LogP) is 4.04. The maximum Gasteiger partial charge on any atom is 0.0930 e. The molecule has 15 heavy (non-hydrogen) atoms. The van der Waals surface area contributed by atoms with Crippen LogP contribution in [0.4, 0.5) is 0 Å². The third-order valence-corrected chi connectivity index (χ3v) is 4.79. The molecule has 1 aromatic heterocycles. The van der Waals surface area contributed by atoms with Crippen LogP contribution in [0, 0.1) is 18.8 Å². The average molecular weight is 244 g/mol. The summed E-state index contributed by atoms with van der Waals surface area (Å²) in [7, 11) is 0. The number of thiazole rings is 1. The lowest BCUT2D eigenvalue weighted by Crippen LogP contribution is -2.25. The molecule has 3 unspecified atom stereocenters. The molecule has 1 aliphatic carbocycles. The van der Waals surface area contributed by atoms with Gasteiger partial charge in [-0.1, -0.05) is 6.92 Å². The van der Waals surface area contributed by atoms with E-state index in [1.165, 1.54) is 24.3 Å². The zero-order chi connectivity index (χ0) is 10.8. The van der Waals surface area contributed by atoms with Gasteiger partial charge in [-0.05, 0) is 38.0 Å². The number of halogens is 1. The number of nitrogens with zero attached hydrogens (tertiary/aromatic N) is 1. The van der Waals surface area contributed by atoms with Crippen molar-refractivity contribution >= 4 is 22.9 Å². The summed E-state index contributed by atoms with van der Waals surface area (Å²) in [6.45, 7) is 4.42. The van der Waals surface area contributed by atoms with Crippen LogP contribution in [0.2, 0.25) is 0 Å². The third kappa shape index (κ3) is 2.94. The van der Waals surface area contributed by atoms with Gasteiger partial charge in [0, 0.05) is 22.9 Å². The van der Waals surface area contributed by atoms with Gasteiger partial charge in [-0.2, -0.15) is 0 Å². The Morgan fingerprint density at radius 1 is 1.53 bits per heavy atom. The van der Waals surface area contributed by atoms with E-state index in [0.717, 1.165) is 24.0 Å². The van der Waals surface area contributed by atoms with Gasteiger partial charge < -0.3 is 0 Å². The molecule has 3 atom stereocenters. The molecule has 1 heterocycles. The van der Waals surface area contributed by atoms with Crippen LogP contribution in [-0.4, -0.2) is 10.4 Å². The topological polar surface area (TPSA) is 12.9 Å².